The summed E-state index contributed by atoms with van der Waals surface area (Å²) in [5, 5.41) is 13.9. The van der Waals surface area contributed by atoms with Crippen LogP contribution in [0.5, 0.6) is 0 Å². The summed E-state index contributed by atoms with van der Waals surface area (Å²) in [7, 11) is 0. The lowest BCUT2D eigenvalue weighted by atomic mass is 9.70. The van der Waals surface area contributed by atoms with Gasteiger partial charge in [0.05, 0.1) is 12.1 Å². The molecule has 2 bridgehead atoms. The van der Waals surface area contributed by atoms with Gasteiger partial charge in [0.25, 0.3) is 0 Å². The molecule has 5 atom stereocenters. The first kappa shape index (κ1) is 18.5. The summed E-state index contributed by atoms with van der Waals surface area (Å²) >= 11 is 0. The van der Waals surface area contributed by atoms with Crippen molar-refractivity contribution in [2.75, 3.05) is 6.54 Å². The number of carbonyl (C=O) groups is 1. The van der Waals surface area contributed by atoms with Gasteiger partial charge < -0.3 is 15.2 Å². The van der Waals surface area contributed by atoms with Crippen molar-refractivity contribution in [1.29, 1.82) is 0 Å². The molecule has 3 unspecified atom stereocenters. The Bertz CT molecular complexity index is 553. The van der Waals surface area contributed by atoms with E-state index in [0.29, 0.717) is 5.92 Å². The second-order valence-corrected chi connectivity index (χ2v) is 9.11. The second-order valence-electron chi connectivity index (χ2n) is 9.11. The molecule has 4 nitrogen and oxygen atoms in total. The lowest BCUT2D eigenvalue weighted by Gasteiger charge is -2.38. The van der Waals surface area contributed by atoms with Gasteiger partial charge in [0.15, 0.2) is 0 Å². The number of aliphatic hydroxyl groups is 1. The zero-order valence-corrected chi connectivity index (χ0v) is 15.9. The monoisotopic (exact) mass is 347 g/mol. The lowest BCUT2D eigenvalue weighted by Crippen LogP contribution is -2.50. The van der Waals surface area contributed by atoms with Crippen LogP contribution in [0.4, 0.5) is 4.79 Å². The number of amides is 1. The maximum Gasteiger partial charge on any atom is 0.407 e. The molecule has 0 saturated heterocycles. The van der Waals surface area contributed by atoms with Gasteiger partial charge in [0.2, 0.25) is 0 Å². The van der Waals surface area contributed by atoms with Gasteiger partial charge in [-0.3, -0.25) is 0 Å². The standard InChI is InChI=1S/C21H33NO3/c1-6-14-8-9-15(7-2)21(14,24)13-22-18(23)25-17-12-16-10-11-20(17,5)19(16,3)4/h6-7,14-17,24H,1-2,8-13H2,3-5H3,(H,22,23)/t14-,15-,16?,17?,20?/m0/s1. The van der Waals surface area contributed by atoms with E-state index >= 15 is 0 Å². The van der Waals surface area contributed by atoms with E-state index in [9.17, 15) is 9.90 Å². The van der Waals surface area contributed by atoms with Crippen LogP contribution in [0.3, 0.4) is 0 Å². The molecule has 25 heavy (non-hydrogen) atoms. The summed E-state index contributed by atoms with van der Waals surface area (Å²) in [5.41, 5.74) is -0.754. The van der Waals surface area contributed by atoms with Gasteiger partial charge in [0.1, 0.15) is 6.10 Å². The fourth-order valence-corrected chi connectivity index (χ4v) is 5.73. The van der Waals surface area contributed by atoms with Crippen molar-refractivity contribution in [3.63, 3.8) is 0 Å². The number of hydrogen-bond acceptors (Lipinski definition) is 3. The van der Waals surface area contributed by atoms with Crippen molar-refractivity contribution in [1.82, 2.24) is 5.32 Å². The second kappa shape index (κ2) is 6.15. The summed E-state index contributed by atoms with van der Waals surface area (Å²) in [6, 6.07) is 0. The minimum atomic E-state index is -1.01. The van der Waals surface area contributed by atoms with Crippen molar-refractivity contribution >= 4 is 6.09 Å². The largest absolute Gasteiger partial charge is 0.446 e. The highest BCUT2D eigenvalue weighted by atomic mass is 16.6. The van der Waals surface area contributed by atoms with Crippen molar-refractivity contribution in [3.8, 4) is 0 Å². The molecule has 3 rings (SSSR count). The van der Waals surface area contributed by atoms with E-state index < -0.39 is 11.7 Å². The molecule has 140 valence electrons. The van der Waals surface area contributed by atoms with Crippen LogP contribution in [0.25, 0.3) is 0 Å². The maximum absolute atomic E-state index is 12.4. The quantitative estimate of drug-likeness (QED) is 0.738. The van der Waals surface area contributed by atoms with E-state index in [1.54, 1.807) is 12.2 Å². The number of ether oxygens (including phenoxy) is 1. The summed E-state index contributed by atoms with van der Waals surface area (Å²) < 4.78 is 5.81. The third-order valence-electron chi connectivity index (χ3n) is 8.12. The van der Waals surface area contributed by atoms with Gasteiger partial charge in [-0.05, 0) is 43.4 Å². The summed E-state index contributed by atoms with van der Waals surface area (Å²) in [6.45, 7) is 14.7. The molecule has 2 N–H and O–H groups in total. The SMILES string of the molecule is C=C[C@H]1CC[C@H](C=C)C1(O)CNC(=O)OC1CC2CCC1(C)C2(C)C. The molecule has 0 radical (unpaired) electrons. The first-order valence-corrected chi connectivity index (χ1v) is 9.61. The average Bonchev–Trinajstić information content (AvgIpc) is 3.07. The minimum absolute atomic E-state index is 0.0326. The number of nitrogens with one attached hydrogen (secondary N) is 1. The molecule has 3 aliphatic rings. The first-order chi connectivity index (χ1) is 11.7. The van der Waals surface area contributed by atoms with E-state index in [1.807, 2.05) is 0 Å². The Morgan fingerprint density at radius 2 is 1.80 bits per heavy atom. The van der Waals surface area contributed by atoms with Gasteiger partial charge >= 0.3 is 6.09 Å². The van der Waals surface area contributed by atoms with E-state index in [1.165, 1.54) is 6.42 Å². The molecule has 3 saturated carbocycles. The van der Waals surface area contributed by atoms with Crippen molar-refractivity contribution in [3.05, 3.63) is 25.3 Å². The minimum Gasteiger partial charge on any atom is -0.446 e. The fourth-order valence-electron chi connectivity index (χ4n) is 5.73. The van der Waals surface area contributed by atoms with Crippen LogP contribution in [0.2, 0.25) is 0 Å². The lowest BCUT2D eigenvalue weighted by molar-refractivity contribution is -0.0212. The number of rotatable bonds is 5. The number of carbonyl (C=O) groups excluding carboxylic acids is 1. The average molecular weight is 347 g/mol. The Morgan fingerprint density at radius 3 is 2.24 bits per heavy atom. The highest BCUT2D eigenvalue weighted by molar-refractivity contribution is 5.67. The van der Waals surface area contributed by atoms with Crippen LogP contribution in [0.15, 0.2) is 25.3 Å². The van der Waals surface area contributed by atoms with Crippen LogP contribution in [-0.4, -0.2) is 29.4 Å². The first-order valence-electron chi connectivity index (χ1n) is 9.61. The summed E-state index contributed by atoms with van der Waals surface area (Å²) in [4.78, 5) is 12.4. The van der Waals surface area contributed by atoms with E-state index in [4.69, 9.17) is 4.74 Å². The maximum atomic E-state index is 12.4. The predicted molar refractivity (Wildman–Crippen MR) is 99.1 cm³/mol. The van der Waals surface area contributed by atoms with Gasteiger partial charge in [0, 0.05) is 17.3 Å². The molecular formula is C21H33NO3. The molecule has 4 heteroatoms. The molecular weight excluding hydrogens is 314 g/mol. The van der Waals surface area contributed by atoms with E-state index in [0.717, 1.165) is 25.7 Å². The molecule has 3 fully saturated rings. The van der Waals surface area contributed by atoms with E-state index in [2.05, 4.69) is 39.2 Å². The molecule has 3 aliphatic carbocycles. The third kappa shape index (κ3) is 2.64. The molecule has 0 aromatic carbocycles. The molecule has 1 amide bonds. The van der Waals surface area contributed by atoms with E-state index in [-0.39, 0.29) is 35.3 Å². The molecule has 0 spiro atoms. The highest BCUT2D eigenvalue weighted by Gasteiger charge is 2.63. The van der Waals surface area contributed by atoms with Gasteiger partial charge in [-0.25, -0.2) is 4.79 Å². The Kier molecular flexibility index (Phi) is 4.55. The highest BCUT2D eigenvalue weighted by Crippen LogP contribution is 2.66. The normalized spacial score (nSPS) is 40.6. The molecule has 0 heterocycles. The van der Waals surface area contributed by atoms with Crippen molar-refractivity contribution in [2.45, 2.75) is 64.6 Å². The summed E-state index contributed by atoms with van der Waals surface area (Å²) in [5.74, 6) is 0.564. The van der Waals surface area contributed by atoms with Crippen LogP contribution in [-0.2, 0) is 4.74 Å². The van der Waals surface area contributed by atoms with Crippen molar-refractivity contribution in [2.24, 2.45) is 28.6 Å². The summed E-state index contributed by atoms with van der Waals surface area (Å²) in [6.07, 6.45) is 8.15. The predicted octanol–water partition coefficient (Wildman–Crippen LogP) is 4.06. The Labute approximate surface area is 151 Å². The molecule has 0 aromatic rings. The Hall–Kier alpha value is -1.29. The van der Waals surface area contributed by atoms with Crippen molar-refractivity contribution < 1.29 is 14.6 Å². The number of alkyl carbamates (subject to hydrolysis) is 1. The van der Waals surface area contributed by atoms with Crippen LogP contribution in [0, 0.1) is 28.6 Å². The number of fused-ring (bicyclic) bond motifs is 2. The Morgan fingerprint density at radius 1 is 1.20 bits per heavy atom. The third-order valence-corrected chi connectivity index (χ3v) is 8.12. The molecule has 0 aliphatic heterocycles. The van der Waals surface area contributed by atoms with Crippen LogP contribution >= 0.6 is 0 Å². The fraction of sp³-hybridized carbons (Fsp3) is 0.762. The molecule has 0 aromatic heterocycles. The van der Waals surface area contributed by atoms with Crippen LogP contribution in [0.1, 0.15) is 52.9 Å². The zero-order valence-electron chi connectivity index (χ0n) is 15.9. The van der Waals surface area contributed by atoms with Gasteiger partial charge in [-0.2, -0.15) is 0 Å². The number of hydrogen-bond donors (Lipinski definition) is 2. The van der Waals surface area contributed by atoms with Gasteiger partial charge in [-0.1, -0.05) is 32.9 Å². The topological polar surface area (TPSA) is 58.6 Å². The van der Waals surface area contributed by atoms with Crippen LogP contribution < -0.4 is 5.32 Å². The van der Waals surface area contributed by atoms with Gasteiger partial charge in [-0.15, -0.1) is 13.2 Å². The Balaban J connectivity index is 1.60. The smallest absolute Gasteiger partial charge is 0.407 e. The zero-order chi connectivity index (χ0) is 18.5.